The van der Waals surface area contributed by atoms with Crippen molar-refractivity contribution in [1.29, 1.82) is 0 Å². The van der Waals surface area contributed by atoms with Gasteiger partial charge >= 0.3 is 0 Å². The summed E-state index contributed by atoms with van der Waals surface area (Å²) in [5.41, 5.74) is 8.25. The fraction of sp³-hybridized carbons (Fsp3) is 0.484. The number of ketones is 1. The highest BCUT2D eigenvalue weighted by Gasteiger charge is 2.39. The Morgan fingerprint density at radius 2 is 1.77 bits per heavy atom. The lowest BCUT2D eigenvalue weighted by atomic mass is 9.84. The van der Waals surface area contributed by atoms with E-state index in [1.54, 1.807) is 23.6 Å². The van der Waals surface area contributed by atoms with Crippen molar-refractivity contribution >= 4 is 47.3 Å². The lowest BCUT2D eigenvalue weighted by Crippen LogP contribution is -2.54. The number of nitrogens with one attached hydrogen (secondary N) is 1. The number of fused-ring (bicyclic) bond motifs is 1. The summed E-state index contributed by atoms with van der Waals surface area (Å²) in [6.45, 7) is 8.15. The van der Waals surface area contributed by atoms with Crippen molar-refractivity contribution in [2.75, 3.05) is 16.3 Å². The largest absolute Gasteiger partial charge is 0.345 e. The van der Waals surface area contributed by atoms with Crippen LogP contribution in [0.15, 0.2) is 48.5 Å². The van der Waals surface area contributed by atoms with Crippen LogP contribution in [-0.2, 0) is 32.1 Å². The molecule has 0 aliphatic carbocycles. The van der Waals surface area contributed by atoms with E-state index in [4.69, 9.17) is 5.73 Å². The van der Waals surface area contributed by atoms with Gasteiger partial charge in [-0.25, -0.2) is 0 Å². The maximum absolute atomic E-state index is 14.1. The summed E-state index contributed by atoms with van der Waals surface area (Å²) in [4.78, 5) is 56.5. The highest BCUT2D eigenvalue weighted by molar-refractivity contribution is 6.07. The van der Waals surface area contributed by atoms with Gasteiger partial charge in [-0.1, -0.05) is 56.3 Å². The summed E-state index contributed by atoms with van der Waals surface area (Å²) in [5, 5.41) is 2.83. The maximum atomic E-state index is 14.1. The number of anilines is 2. The van der Waals surface area contributed by atoms with E-state index >= 15 is 0 Å². The summed E-state index contributed by atoms with van der Waals surface area (Å²) in [7, 11) is 0. The zero-order valence-electron chi connectivity index (χ0n) is 23.8. The number of para-hydroxylation sites is 1. The quantitative estimate of drug-likeness (QED) is 0.447. The highest BCUT2D eigenvalue weighted by atomic mass is 35.5. The summed E-state index contributed by atoms with van der Waals surface area (Å²) in [6, 6.07) is 14.8. The van der Waals surface area contributed by atoms with Gasteiger partial charge in [-0.2, -0.15) is 0 Å². The minimum atomic E-state index is -1.12. The van der Waals surface area contributed by atoms with Crippen LogP contribution in [-0.4, -0.2) is 41.6 Å². The Morgan fingerprint density at radius 1 is 1.07 bits per heavy atom. The number of carbonyl (C=O) groups excluding carboxylic acids is 4. The molecule has 3 N–H and O–H groups in total. The standard InChI is InChI=1S/C31H40N4O4.ClH/c1-20(2)16-24(33-30(39)31(3,4)32)26(36)18-23-17-22-12-8-13-25(34-15-9-14-27(34)37)28(22)35(29(23)38)19-21-10-6-5-7-11-21;/h5-8,10-13,20,23-24H,9,14-19,32H2,1-4H3,(H,33,39);1H/t23?,24-;/m1./s1. The van der Waals surface area contributed by atoms with Crippen molar-refractivity contribution < 1.29 is 19.2 Å². The van der Waals surface area contributed by atoms with E-state index < -0.39 is 23.4 Å². The smallest absolute Gasteiger partial charge is 0.240 e. The molecule has 1 unspecified atom stereocenters. The summed E-state index contributed by atoms with van der Waals surface area (Å²) >= 11 is 0. The number of hydrogen-bond acceptors (Lipinski definition) is 5. The van der Waals surface area contributed by atoms with Gasteiger partial charge in [0.1, 0.15) is 0 Å². The molecule has 0 spiro atoms. The number of Topliss-reactive ketones (excluding diaryl/α,β-unsaturated/α-hetero) is 1. The average Bonchev–Trinajstić information content (AvgIpc) is 3.31. The number of nitrogens with zero attached hydrogens (tertiary/aromatic N) is 2. The molecule has 4 rings (SSSR count). The summed E-state index contributed by atoms with van der Waals surface area (Å²) in [6.07, 6.45) is 2.16. The third-order valence-electron chi connectivity index (χ3n) is 7.43. The van der Waals surface area contributed by atoms with E-state index in [9.17, 15) is 19.2 Å². The minimum absolute atomic E-state index is 0. The third-order valence-corrected chi connectivity index (χ3v) is 7.43. The van der Waals surface area contributed by atoms with Crippen LogP contribution in [0.4, 0.5) is 11.4 Å². The number of benzene rings is 2. The van der Waals surface area contributed by atoms with Crippen LogP contribution in [0.2, 0.25) is 0 Å². The van der Waals surface area contributed by atoms with E-state index in [-0.39, 0.29) is 42.3 Å². The Hall–Kier alpha value is -3.23. The van der Waals surface area contributed by atoms with Gasteiger partial charge in [0.2, 0.25) is 17.7 Å². The normalized spacial score (nSPS) is 17.9. The molecule has 0 saturated carbocycles. The van der Waals surface area contributed by atoms with Gasteiger partial charge in [0, 0.05) is 25.3 Å². The lowest BCUT2D eigenvalue weighted by Gasteiger charge is -2.37. The van der Waals surface area contributed by atoms with Crippen molar-refractivity contribution in [3.05, 3.63) is 59.7 Å². The van der Waals surface area contributed by atoms with Crippen LogP contribution < -0.4 is 20.9 Å². The average molecular weight is 569 g/mol. The molecule has 2 aliphatic rings. The van der Waals surface area contributed by atoms with Crippen molar-refractivity contribution in [3.8, 4) is 0 Å². The molecule has 1 saturated heterocycles. The van der Waals surface area contributed by atoms with Gasteiger partial charge in [-0.3, -0.25) is 19.2 Å². The number of rotatable bonds is 10. The number of amides is 3. The Labute approximate surface area is 243 Å². The second-order valence-electron chi connectivity index (χ2n) is 11.8. The van der Waals surface area contributed by atoms with Gasteiger partial charge in [0.05, 0.1) is 29.5 Å². The molecular weight excluding hydrogens is 528 g/mol. The fourth-order valence-corrected chi connectivity index (χ4v) is 5.41. The molecule has 2 aromatic carbocycles. The molecule has 2 atom stereocenters. The van der Waals surface area contributed by atoms with Crippen LogP contribution in [0, 0.1) is 11.8 Å². The zero-order chi connectivity index (χ0) is 28.3. The number of nitrogens with two attached hydrogens (primary N) is 1. The third kappa shape index (κ3) is 7.09. The Balaban J connectivity index is 0.00000441. The van der Waals surface area contributed by atoms with Gasteiger partial charge in [-0.05, 0) is 56.2 Å². The number of hydrogen-bond donors (Lipinski definition) is 2. The topological polar surface area (TPSA) is 113 Å². The van der Waals surface area contributed by atoms with Crippen LogP contribution in [0.3, 0.4) is 0 Å². The molecule has 40 heavy (non-hydrogen) atoms. The maximum Gasteiger partial charge on any atom is 0.240 e. The first-order valence-electron chi connectivity index (χ1n) is 13.9. The first kappa shape index (κ1) is 31.3. The van der Waals surface area contributed by atoms with E-state index in [1.807, 2.05) is 62.4 Å². The summed E-state index contributed by atoms with van der Waals surface area (Å²) in [5.74, 6) is -1.06. The van der Waals surface area contributed by atoms with Crippen molar-refractivity contribution in [1.82, 2.24) is 5.32 Å². The molecule has 2 aliphatic heterocycles. The van der Waals surface area contributed by atoms with Crippen molar-refractivity contribution in [3.63, 3.8) is 0 Å². The van der Waals surface area contributed by atoms with E-state index in [0.29, 0.717) is 32.4 Å². The zero-order valence-corrected chi connectivity index (χ0v) is 24.6. The van der Waals surface area contributed by atoms with Crippen LogP contribution >= 0.6 is 12.4 Å². The van der Waals surface area contributed by atoms with E-state index in [0.717, 1.165) is 28.9 Å². The Kier molecular flexibility index (Phi) is 10.1. The first-order valence-corrected chi connectivity index (χ1v) is 13.9. The molecule has 0 radical (unpaired) electrons. The molecule has 9 heteroatoms. The molecule has 1 fully saturated rings. The molecule has 8 nitrogen and oxygen atoms in total. The van der Waals surface area contributed by atoms with Crippen LogP contribution in [0.5, 0.6) is 0 Å². The predicted octanol–water partition coefficient (Wildman–Crippen LogP) is 4.17. The lowest BCUT2D eigenvalue weighted by molar-refractivity contribution is -0.132. The van der Waals surface area contributed by atoms with Gasteiger partial charge < -0.3 is 20.9 Å². The molecule has 3 amide bonds. The fourth-order valence-electron chi connectivity index (χ4n) is 5.41. The molecule has 0 aromatic heterocycles. The van der Waals surface area contributed by atoms with Crippen molar-refractivity contribution in [2.24, 2.45) is 17.6 Å². The van der Waals surface area contributed by atoms with Crippen LogP contribution in [0.1, 0.15) is 64.5 Å². The van der Waals surface area contributed by atoms with Gasteiger partial charge in [-0.15, -0.1) is 12.4 Å². The second kappa shape index (κ2) is 13.0. The number of halogens is 1. The molecule has 0 bridgehead atoms. The second-order valence-corrected chi connectivity index (χ2v) is 11.8. The minimum Gasteiger partial charge on any atom is -0.345 e. The highest BCUT2D eigenvalue weighted by Crippen LogP contribution is 2.42. The number of carbonyl (C=O) groups is 4. The Bertz CT molecular complexity index is 1240. The van der Waals surface area contributed by atoms with E-state index in [2.05, 4.69) is 5.32 Å². The molecular formula is C31H41ClN4O4. The Morgan fingerprint density at radius 3 is 2.38 bits per heavy atom. The SMILES string of the molecule is CC(C)C[C@@H](NC(=O)C(C)(C)N)C(=O)CC1Cc2cccc(N3CCCC3=O)c2N(Cc2ccccc2)C1=O.Cl. The first-order chi connectivity index (χ1) is 18.5. The van der Waals surface area contributed by atoms with E-state index in [1.165, 1.54) is 0 Å². The van der Waals surface area contributed by atoms with Gasteiger partial charge in [0.15, 0.2) is 5.78 Å². The molecule has 2 aromatic rings. The van der Waals surface area contributed by atoms with Crippen molar-refractivity contribution in [2.45, 2.75) is 77.9 Å². The van der Waals surface area contributed by atoms with Crippen LogP contribution in [0.25, 0.3) is 0 Å². The molecule has 2 heterocycles. The summed E-state index contributed by atoms with van der Waals surface area (Å²) < 4.78 is 0. The predicted molar refractivity (Wildman–Crippen MR) is 159 cm³/mol. The van der Waals surface area contributed by atoms with Gasteiger partial charge in [0.25, 0.3) is 0 Å². The molecule has 216 valence electrons. The monoisotopic (exact) mass is 568 g/mol.